The molecule has 2 aliphatic carbocycles. The first-order chi connectivity index (χ1) is 9.66. The number of aryl methyl sites for hydroxylation is 1. The summed E-state index contributed by atoms with van der Waals surface area (Å²) in [5, 5.41) is 5.45. The van der Waals surface area contributed by atoms with Crippen LogP contribution in [0.1, 0.15) is 30.9 Å². The molecule has 2 saturated carbocycles. The fourth-order valence-corrected chi connectivity index (χ4v) is 4.15. The zero-order valence-electron chi connectivity index (χ0n) is 11.5. The van der Waals surface area contributed by atoms with E-state index in [9.17, 15) is 0 Å². The van der Waals surface area contributed by atoms with Crippen molar-refractivity contribution in [2.75, 3.05) is 5.73 Å². The molecule has 2 aromatic rings. The second-order valence-corrected chi connectivity index (χ2v) is 6.50. The van der Waals surface area contributed by atoms with Crippen molar-refractivity contribution in [3.8, 4) is 11.1 Å². The van der Waals surface area contributed by atoms with Crippen LogP contribution in [0.3, 0.4) is 0 Å². The standard InChI is InChI=1S/C16H18ClN3/c1-20-16(18)13(9-4-2-5-10(17)8-9)15(19-20)14-11-6-3-7-12(11)14/h2,4-5,8,11-12,14H,3,6-7,18H2,1H3. The van der Waals surface area contributed by atoms with Crippen LogP contribution in [0.4, 0.5) is 5.82 Å². The molecule has 4 heteroatoms. The first kappa shape index (κ1) is 12.3. The van der Waals surface area contributed by atoms with E-state index < -0.39 is 0 Å². The number of aromatic nitrogens is 2. The van der Waals surface area contributed by atoms with Crippen LogP contribution in [-0.2, 0) is 7.05 Å². The molecule has 0 aliphatic heterocycles. The summed E-state index contributed by atoms with van der Waals surface area (Å²) in [5.41, 5.74) is 9.62. The van der Waals surface area contributed by atoms with E-state index in [0.29, 0.717) is 5.92 Å². The Hall–Kier alpha value is -1.48. The Morgan fingerprint density at radius 3 is 2.75 bits per heavy atom. The summed E-state index contributed by atoms with van der Waals surface area (Å²) in [7, 11) is 1.92. The maximum absolute atomic E-state index is 6.26. The number of fused-ring (bicyclic) bond motifs is 1. The van der Waals surface area contributed by atoms with Gasteiger partial charge >= 0.3 is 0 Å². The zero-order chi connectivity index (χ0) is 13.9. The Bertz CT molecular complexity index is 666. The number of rotatable bonds is 2. The highest BCUT2D eigenvalue weighted by molar-refractivity contribution is 6.30. The van der Waals surface area contributed by atoms with Gasteiger partial charge in [-0.25, -0.2) is 0 Å². The minimum atomic E-state index is 0.612. The highest BCUT2D eigenvalue weighted by Crippen LogP contribution is 2.64. The van der Waals surface area contributed by atoms with Crippen LogP contribution in [0.25, 0.3) is 11.1 Å². The quantitative estimate of drug-likeness (QED) is 0.912. The van der Waals surface area contributed by atoms with E-state index in [-0.39, 0.29) is 0 Å². The molecule has 0 amide bonds. The molecule has 1 aromatic heterocycles. The van der Waals surface area contributed by atoms with E-state index in [1.165, 1.54) is 25.0 Å². The van der Waals surface area contributed by atoms with Crippen molar-refractivity contribution < 1.29 is 0 Å². The lowest BCUT2D eigenvalue weighted by Crippen LogP contribution is -1.98. The van der Waals surface area contributed by atoms with Crippen molar-refractivity contribution in [2.24, 2.45) is 18.9 Å². The minimum Gasteiger partial charge on any atom is -0.383 e. The molecule has 2 fully saturated rings. The van der Waals surface area contributed by atoms with Gasteiger partial charge in [-0.1, -0.05) is 30.2 Å². The molecule has 20 heavy (non-hydrogen) atoms. The molecule has 2 aliphatic rings. The Balaban J connectivity index is 1.82. The molecule has 0 saturated heterocycles. The molecule has 0 spiro atoms. The van der Waals surface area contributed by atoms with Gasteiger partial charge in [-0.2, -0.15) is 5.10 Å². The van der Waals surface area contributed by atoms with Crippen molar-refractivity contribution in [1.82, 2.24) is 9.78 Å². The molecule has 0 bridgehead atoms. The molecule has 4 rings (SSSR count). The number of anilines is 1. The number of hydrogen-bond donors (Lipinski definition) is 1. The third-order valence-corrected chi connectivity index (χ3v) is 5.19. The van der Waals surface area contributed by atoms with Gasteiger partial charge < -0.3 is 5.73 Å². The van der Waals surface area contributed by atoms with E-state index in [2.05, 4.69) is 6.07 Å². The summed E-state index contributed by atoms with van der Waals surface area (Å²) in [5.74, 6) is 3.03. The van der Waals surface area contributed by atoms with Crippen molar-refractivity contribution >= 4 is 17.4 Å². The van der Waals surface area contributed by atoms with E-state index >= 15 is 0 Å². The lowest BCUT2D eigenvalue weighted by Gasteiger charge is -2.06. The zero-order valence-corrected chi connectivity index (χ0v) is 12.3. The number of nitrogens with two attached hydrogens (primary N) is 1. The maximum Gasteiger partial charge on any atom is 0.129 e. The van der Waals surface area contributed by atoms with Crippen molar-refractivity contribution in [2.45, 2.75) is 25.2 Å². The van der Waals surface area contributed by atoms with Gasteiger partial charge in [0.15, 0.2) is 0 Å². The molecule has 0 radical (unpaired) electrons. The first-order valence-corrected chi connectivity index (χ1v) is 7.63. The lowest BCUT2D eigenvalue weighted by molar-refractivity contribution is 0.655. The number of nitrogens with zero attached hydrogens (tertiary/aromatic N) is 2. The Morgan fingerprint density at radius 2 is 2.05 bits per heavy atom. The highest BCUT2D eigenvalue weighted by Gasteiger charge is 2.55. The monoisotopic (exact) mass is 287 g/mol. The van der Waals surface area contributed by atoms with Crippen molar-refractivity contribution in [3.63, 3.8) is 0 Å². The van der Waals surface area contributed by atoms with Gasteiger partial charge in [0.05, 0.1) is 5.69 Å². The largest absolute Gasteiger partial charge is 0.383 e. The first-order valence-electron chi connectivity index (χ1n) is 7.25. The SMILES string of the molecule is Cn1nc(C2C3CCCC32)c(-c2cccc(Cl)c2)c1N. The highest BCUT2D eigenvalue weighted by atomic mass is 35.5. The third kappa shape index (κ3) is 1.69. The summed E-state index contributed by atoms with van der Waals surface area (Å²) in [6, 6.07) is 7.92. The van der Waals surface area contributed by atoms with Crippen LogP contribution in [0.2, 0.25) is 5.02 Å². The van der Waals surface area contributed by atoms with Crippen LogP contribution < -0.4 is 5.73 Å². The van der Waals surface area contributed by atoms with Gasteiger partial charge in [-0.3, -0.25) is 4.68 Å². The Morgan fingerprint density at radius 1 is 1.30 bits per heavy atom. The second-order valence-electron chi connectivity index (χ2n) is 6.06. The summed E-state index contributed by atoms with van der Waals surface area (Å²) in [6.07, 6.45) is 4.07. The third-order valence-electron chi connectivity index (χ3n) is 4.95. The smallest absolute Gasteiger partial charge is 0.129 e. The predicted molar refractivity (Wildman–Crippen MR) is 81.6 cm³/mol. The molecule has 1 heterocycles. The summed E-state index contributed by atoms with van der Waals surface area (Å²) >= 11 is 6.13. The summed E-state index contributed by atoms with van der Waals surface area (Å²) in [6.45, 7) is 0. The van der Waals surface area contributed by atoms with Crippen LogP contribution >= 0.6 is 11.6 Å². The van der Waals surface area contributed by atoms with Crippen LogP contribution in [0.15, 0.2) is 24.3 Å². The number of hydrogen-bond acceptors (Lipinski definition) is 2. The molecule has 104 valence electrons. The van der Waals surface area contributed by atoms with Gasteiger partial charge in [0, 0.05) is 23.6 Å². The molecule has 3 nitrogen and oxygen atoms in total. The Kier molecular flexibility index (Phi) is 2.61. The van der Waals surface area contributed by atoms with E-state index in [1.54, 1.807) is 4.68 Å². The van der Waals surface area contributed by atoms with Gasteiger partial charge in [0.25, 0.3) is 0 Å². The molecular weight excluding hydrogens is 270 g/mol. The van der Waals surface area contributed by atoms with Gasteiger partial charge in [0.2, 0.25) is 0 Å². The fraction of sp³-hybridized carbons (Fsp3) is 0.438. The second kappa shape index (κ2) is 4.26. The van der Waals surface area contributed by atoms with Gasteiger partial charge in [-0.15, -0.1) is 0 Å². The molecule has 1 aromatic carbocycles. The normalized spacial score (nSPS) is 27.6. The summed E-state index contributed by atoms with van der Waals surface area (Å²) in [4.78, 5) is 0. The summed E-state index contributed by atoms with van der Waals surface area (Å²) < 4.78 is 1.81. The average molecular weight is 288 g/mol. The van der Waals surface area contributed by atoms with E-state index in [1.807, 2.05) is 25.2 Å². The van der Waals surface area contributed by atoms with Gasteiger partial charge in [-0.05, 0) is 42.4 Å². The van der Waals surface area contributed by atoms with E-state index in [0.717, 1.165) is 33.8 Å². The maximum atomic E-state index is 6.26. The molecule has 2 N–H and O–H groups in total. The fourth-order valence-electron chi connectivity index (χ4n) is 3.96. The molecule has 2 unspecified atom stereocenters. The lowest BCUT2D eigenvalue weighted by atomic mass is 9.99. The van der Waals surface area contributed by atoms with Crippen LogP contribution in [-0.4, -0.2) is 9.78 Å². The average Bonchev–Trinajstić information content (AvgIpc) is 2.77. The Labute approximate surface area is 123 Å². The van der Waals surface area contributed by atoms with E-state index in [4.69, 9.17) is 22.4 Å². The number of benzene rings is 1. The van der Waals surface area contributed by atoms with Crippen LogP contribution in [0.5, 0.6) is 0 Å². The van der Waals surface area contributed by atoms with Crippen molar-refractivity contribution in [1.29, 1.82) is 0 Å². The topological polar surface area (TPSA) is 43.8 Å². The number of nitrogen functional groups attached to an aromatic ring is 1. The van der Waals surface area contributed by atoms with Gasteiger partial charge in [0.1, 0.15) is 5.82 Å². The van der Waals surface area contributed by atoms with Crippen molar-refractivity contribution in [3.05, 3.63) is 35.0 Å². The predicted octanol–water partition coefficient (Wildman–Crippen LogP) is 3.84. The number of halogens is 1. The molecule has 2 atom stereocenters. The molecular formula is C16H18ClN3. The minimum absolute atomic E-state index is 0.612. The van der Waals surface area contributed by atoms with Crippen LogP contribution in [0, 0.1) is 11.8 Å².